The Morgan fingerprint density at radius 3 is 2.29 bits per heavy atom. The Balaban J connectivity index is 1.41. The zero-order valence-corrected chi connectivity index (χ0v) is 16.3. The first kappa shape index (κ1) is 18.4. The number of aromatic nitrogens is 2. The average molecular weight is 395 g/mol. The van der Waals surface area contributed by atoms with Gasteiger partial charge in [-0.1, -0.05) is 41.9 Å². The highest BCUT2D eigenvalue weighted by Crippen LogP contribution is 2.28. The molecule has 28 heavy (non-hydrogen) atoms. The maximum atomic E-state index is 6.38. The number of nitrogens with zero attached hydrogens (tertiary/aromatic N) is 4. The smallest absolute Gasteiger partial charge is 0.157 e. The molecule has 0 aliphatic carbocycles. The molecule has 144 valence electrons. The number of benzene rings is 2. The third-order valence-corrected chi connectivity index (χ3v) is 5.19. The molecule has 1 aromatic heterocycles. The van der Waals surface area contributed by atoms with Crippen LogP contribution in [0.3, 0.4) is 0 Å². The van der Waals surface area contributed by atoms with Crippen LogP contribution in [0.1, 0.15) is 5.56 Å². The molecule has 0 saturated carbocycles. The second-order valence-electron chi connectivity index (χ2n) is 6.75. The second-order valence-corrected chi connectivity index (χ2v) is 7.19. The highest BCUT2D eigenvalue weighted by molar-refractivity contribution is 6.30. The van der Waals surface area contributed by atoms with Crippen molar-refractivity contribution in [2.75, 3.05) is 47.0 Å². The third kappa shape index (κ3) is 4.12. The molecule has 2 heterocycles. The molecule has 1 aliphatic rings. The van der Waals surface area contributed by atoms with Crippen LogP contribution >= 0.6 is 11.6 Å². The first-order valence-electron chi connectivity index (χ1n) is 9.34. The molecule has 0 spiro atoms. The molecule has 6 nitrogen and oxygen atoms in total. The Bertz CT molecular complexity index is 908. The van der Waals surface area contributed by atoms with Crippen molar-refractivity contribution in [2.45, 2.75) is 6.54 Å². The molecule has 1 aliphatic heterocycles. The van der Waals surface area contributed by atoms with Gasteiger partial charge in [-0.2, -0.15) is 0 Å². The molecule has 4 rings (SSSR count). The number of anilines is 4. The molecule has 0 atom stereocenters. The van der Waals surface area contributed by atoms with Crippen molar-refractivity contribution >= 4 is 34.6 Å². The van der Waals surface area contributed by atoms with Gasteiger partial charge in [-0.15, -0.1) is 0 Å². The fourth-order valence-electron chi connectivity index (χ4n) is 3.38. The minimum atomic E-state index is 0.588. The van der Waals surface area contributed by atoms with Crippen molar-refractivity contribution in [2.24, 2.45) is 0 Å². The number of hydrogen-bond donors (Lipinski definition) is 2. The van der Waals surface area contributed by atoms with Crippen molar-refractivity contribution in [1.29, 1.82) is 0 Å². The quantitative estimate of drug-likeness (QED) is 0.688. The molecule has 3 aromatic rings. The fraction of sp³-hybridized carbons (Fsp3) is 0.238. The van der Waals surface area contributed by atoms with E-state index in [0.717, 1.165) is 42.6 Å². The van der Waals surface area contributed by atoms with Crippen LogP contribution in [-0.4, -0.2) is 36.1 Å². The van der Waals surface area contributed by atoms with E-state index >= 15 is 0 Å². The van der Waals surface area contributed by atoms with E-state index in [1.54, 1.807) is 6.33 Å². The van der Waals surface area contributed by atoms with E-state index in [1.807, 2.05) is 30.3 Å². The summed E-state index contributed by atoms with van der Waals surface area (Å²) in [5.41, 5.74) is 9.34. The molecule has 2 aromatic carbocycles. The molecule has 0 radical (unpaired) electrons. The topological polar surface area (TPSA) is 70.3 Å². The zero-order chi connectivity index (χ0) is 19.3. The van der Waals surface area contributed by atoms with Gasteiger partial charge in [-0.05, 0) is 29.8 Å². The Hall–Kier alpha value is -2.99. The number of para-hydroxylation sites is 1. The Morgan fingerprint density at radius 1 is 0.893 bits per heavy atom. The van der Waals surface area contributed by atoms with Crippen molar-refractivity contribution in [3.63, 3.8) is 0 Å². The molecule has 1 saturated heterocycles. The number of halogens is 1. The maximum absolute atomic E-state index is 6.38. The Morgan fingerprint density at radius 2 is 1.57 bits per heavy atom. The second kappa shape index (κ2) is 8.35. The summed E-state index contributed by atoms with van der Waals surface area (Å²) >= 11 is 5.94. The van der Waals surface area contributed by atoms with Crippen molar-refractivity contribution in [3.05, 3.63) is 71.5 Å². The molecule has 0 amide bonds. The number of nitrogens with two attached hydrogens (primary N) is 1. The number of nitrogens with one attached hydrogen (secondary N) is 1. The molecular formula is C21H23ClN6. The summed E-state index contributed by atoms with van der Waals surface area (Å²) in [5, 5.41) is 4.03. The summed E-state index contributed by atoms with van der Waals surface area (Å²) in [6.07, 6.45) is 1.57. The average Bonchev–Trinajstić information content (AvgIpc) is 2.75. The van der Waals surface area contributed by atoms with Gasteiger partial charge in [0, 0.05) is 43.4 Å². The van der Waals surface area contributed by atoms with Crippen LogP contribution in [0.15, 0.2) is 60.9 Å². The number of rotatable bonds is 5. The Kier molecular flexibility index (Phi) is 5.48. The third-order valence-electron chi connectivity index (χ3n) is 4.94. The number of piperazine rings is 1. The van der Waals surface area contributed by atoms with Crippen LogP contribution in [0.5, 0.6) is 0 Å². The molecule has 7 heteroatoms. The van der Waals surface area contributed by atoms with Gasteiger partial charge in [0.25, 0.3) is 0 Å². The lowest BCUT2D eigenvalue weighted by Crippen LogP contribution is -2.47. The van der Waals surface area contributed by atoms with E-state index in [0.29, 0.717) is 18.1 Å². The van der Waals surface area contributed by atoms with Crippen LogP contribution in [0.2, 0.25) is 5.02 Å². The molecular weight excluding hydrogens is 372 g/mol. The molecule has 0 bridgehead atoms. The minimum Gasteiger partial charge on any atom is -0.393 e. The molecule has 3 N–H and O–H groups in total. The van der Waals surface area contributed by atoms with Gasteiger partial charge in [-0.3, -0.25) is 0 Å². The summed E-state index contributed by atoms with van der Waals surface area (Å²) in [7, 11) is 0. The van der Waals surface area contributed by atoms with Gasteiger partial charge in [0.05, 0.1) is 0 Å². The van der Waals surface area contributed by atoms with Gasteiger partial charge in [0.15, 0.2) is 11.6 Å². The predicted octanol–water partition coefficient (Wildman–Crippen LogP) is 3.65. The highest BCUT2D eigenvalue weighted by atomic mass is 35.5. The highest BCUT2D eigenvalue weighted by Gasteiger charge is 2.21. The van der Waals surface area contributed by atoms with Crippen LogP contribution in [0.25, 0.3) is 0 Å². The first-order chi connectivity index (χ1) is 13.7. The maximum Gasteiger partial charge on any atom is 0.157 e. The standard InChI is InChI=1S/C21H23ClN6/c22-17-8-6-16(7-9-17)14-24-20-19(23)21(26-15-25-20)28-12-10-27(11-13-28)18-4-2-1-3-5-18/h1-9,15H,10-14,23H2,(H,24,25,26). The summed E-state index contributed by atoms with van der Waals surface area (Å²) in [6, 6.07) is 18.2. The van der Waals surface area contributed by atoms with Gasteiger partial charge in [-0.25, -0.2) is 9.97 Å². The summed E-state index contributed by atoms with van der Waals surface area (Å²) < 4.78 is 0. The minimum absolute atomic E-state index is 0.588. The van der Waals surface area contributed by atoms with Crippen LogP contribution in [-0.2, 0) is 6.54 Å². The van der Waals surface area contributed by atoms with Gasteiger partial charge < -0.3 is 20.9 Å². The fourth-order valence-corrected chi connectivity index (χ4v) is 3.51. The summed E-state index contributed by atoms with van der Waals surface area (Å²) in [6.45, 7) is 4.22. The van der Waals surface area contributed by atoms with E-state index in [4.69, 9.17) is 17.3 Å². The lowest BCUT2D eigenvalue weighted by atomic mass is 10.2. The molecule has 1 fully saturated rings. The largest absolute Gasteiger partial charge is 0.393 e. The summed E-state index contributed by atoms with van der Waals surface area (Å²) in [4.78, 5) is 13.4. The van der Waals surface area contributed by atoms with Crippen LogP contribution in [0, 0.1) is 0 Å². The van der Waals surface area contributed by atoms with Crippen molar-refractivity contribution in [1.82, 2.24) is 9.97 Å². The van der Waals surface area contributed by atoms with E-state index in [2.05, 4.69) is 49.4 Å². The van der Waals surface area contributed by atoms with E-state index in [1.165, 1.54) is 5.69 Å². The zero-order valence-electron chi connectivity index (χ0n) is 15.6. The van der Waals surface area contributed by atoms with E-state index in [-0.39, 0.29) is 0 Å². The lowest BCUT2D eigenvalue weighted by molar-refractivity contribution is 0.647. The lowest BCUT2D eigenvalue weighted by Gasteiger charge is -2.37. The van der Waals surface area contributed by atoms with Crippen LogP contribution < -0.4 is 20.9 Å². The number of nitrogen functional groups attached to an aromatic ring is 1. The van der Waals surface area contributed by atoms with Gasteiger partial charge in [0.2, 0.25) is 0 Å². The van der Waals surface area contributed by atoms with Gasteiger partial charge in [0.1, 0.15) is 12.0 Å². The Labute approximate surface area is 170 Å². The first-order valence-corrected chi connectivity index (χ1v) is 9.72. The monoisotopic (exact) mass is 394 g/mol. The molecule has 0 unspecified atom stereocenters. The van der Waals surface area contributed by atoms with E-state index in [9.17, 15) is 0 Å². The van der Waals surface area contributed by atoms with Crippen LogP contribution in [0.4, 0.5) is 23.0 Å². The number of hydrogen-bond acceptors (Lipinski definition) is 6. The predicted molar refractivity (Wildman–Crippen MR) is 116 cm³/mol. The normalized spacial score (nSPS) is 14.2. The van der Waals surface area contributed by atoms with Crippen molar-refractivity contribution < 1.29 is 0 Å². The van der Waals surface area contributed by atoms with E-state index < -0.39 is 0 Å². The van der Waals surface area contributed by atoms with Crippen molar-refractivity contribution in [3.8, 4) is 0 Å². The summed E-state index contributed by atoms with van der Waals surface area (Å²) in [5.74, 6) is 1.45. The SMILES string of the molecule is Nc1c(NCc2ccc(Cl)cc2)ncnc1N1CCN(c2ccccc2)CC1. The van der Waals surface area contributed by atoms with Gasteiger partial charge >= 0.3 is 0 Å².